The minimum Gasteiger partial charge on any atom is -0.481 e. The highest BCUT2D eigenvalue weighted by Gasteiger charge is 2.26. The zero-order valence-electron chi connectivity index (χ0n) is 8.77. The summed E-state index contributed by atoms with van der Waals surface area (Å²) in [6.07, 6.45) is 3.21. The Balaban J connectivity index is 2.40. The minimum absolute atomic E-state index is 0.198. The van der Waals surface area contributed by atoms with Gasteiger partial charge in [0.05, 0.1) is 5.92 Å². The summed E-state index contributed by atoms with van der Waals surface area (Å²) in [6.45, 7) is 1.64. The average Bonchev–Trinajstić information content (AvgIpc) is 2.65. The van der Waals surface area contributed by atoms with E-state index >= 15 is 0 Å². The van der Waals surface area contributed by atoms with Crippen LogP contribution in [0.1, 0.15) is 13.3 Å². The van der Waals surface area contributed by atoms with E-state index in [2.05, 4.69) is 5.32 Å². The number of nitrogens with one attached hydrogen (secondary N) is 1. The zero-order chi connectivity index (χ0) is 11.4. The quantitative estimate of drug-likeness (QED) is 0.652. The van der Waals surface area contributed by atoms with Crippen molar-refractivity contribution in [3.8, 4) is 0 Å². The normalized spacial score (nSPS) is 26.3. The van der Waals surface area contributed by atoms with Crippen molar-refractivity contribution < 1.29 is 19.4 Å². The molecule has 1 aliphatic carbocycles. The molecule has 5 nitrogen and oxygen atoms in total. The number of carbonyl (C=O) groups excluding carboxylic acids is 1. The second kappa shape index (κ2) is 4.93. The van der Waals surface area contributed by atoms with E-state index < -0.39 is 18.0 Å². The second-order valence-electron chi connectivity index (χ2n) is 3.56. The highest BCUT2D eigenvalue weighted by atomic mass is 16.5. The van der Waals surface area contributed by atoms with Crippen molar-refractivity contribution in [3.05, 3.63) is 12.2 Å². The van der Waals surface area contributed by atoms with Crippen molar-refractivity contribution >= 4 is 11.9 Å². The molecule has 84 valence electrons. The van der Waals surface area contributed by atoms with Crippen molar-refractivity contribution in [3.63, 3.8) is 0 Å². The Morgan fingerprint density at radius 1 is 1.53 bits per heavy atom. The van der Waals surface area contributed by atoms with Gasteiger partial charge < -0.3 is 15.2 Å². The Hall–Kier alpha value is -1.36. The largest absolute Gasteiger partial charge is 0.481 e. The molecule has 1 rings (SSSR count). The molecule has 3 atom stereocenters. The Morgan fingerprint density at radius 3 is 2.67 bits per heavy atom. The first kappa shape index (κ1) is 11.7. The third kappa shape index (κ3) is 3.06. The van der Waals surface area contributed by atoms with Gasteiger partial charge in [-0.25, -0.2) is 0 Å². The molecule has 0 aromatic carbocycles. The Labute approximate surface area is 88.1 Å². The molecule has 2 N–H and O–H groups in total. The van der Waals surface area contributed by atoms with Crippen molar-refractivity contribution in [1.82, 2.24) is 5.32 Å². The van der Waals surface area contributed by atoms with Gasteiger partial charge in [-0.05, 0) is 13.3 Å². The van der Waals surface area contributed by atoms with Gasteiger partial charge in [0.2, 0.25) is 5.91 Å². The molecule has 0 aliphatic heterocycles. The first-order valence-electron chi connectivity index (χ1n) is 4.79. The lowest BCUT2D eigenvalue weighted by atomic mass is 10.1. The van der Waals surface area contributed by atoms with E-state index in [0.717, 1.165) is 0 Å². The fourth-order valence-electron chi connectivity index (χ4n) is 1.40. The van der Waals surface area contributed by atoms with Crippen LogP contribution in [0.25, 0.3) is 0 Å². The van der Waals surface area contributed by atoms with Gasteiger partial charge in [0.25, 0.3) is 0 Å². The van der Waals surface area contributed by atoms with Gasteiger partial charge in [0.1, 0.15) is 6.10 Å². The fourth-order valence-corrected chi connectivity index (χ4v) is 1.40. The lowest BCUT2D eigenvalue weighted by molar-refractivity contribution is -0.140. The summed E-state index contributed by atoms with van der Waals surface area (Å²) in [5, 5.41) is 11.4. The van der Waals surface area contributed by atoms with Crippen molar-refractivity contribution in [2.45, 2.75) is 25.5 Å². The number of amides is 1. The van der Waals surface area contributed by atoms with Crippen LogP contribution in [0.15, 0.2) is 12.2 Å². The standard InChI is InChI=1S/C10H15NO4/c1-6(15-2)9(12)11-8-4-3-7(5-8)10(13)14/h3-4,6-8H,5H2,1-2H3,(H,11,12)(H,13,14). The Bertz CT molecular complexity index is 287. The number of carbonyl (C=O) groups is 2. The van der Waals surface area contributed by atoms with Gasteiger partial charge in [-0.1, -0.05) is 12.2 Å². The molecule has 0 spiro atoms. The minimum atomic E-state index is -0.859. The van der Waals surface area contributed by atoms with Crippen LogP contribution in [0.2, 0.25) is 0 Å². The molecule has 0 bridgehead atoms. The van der Waals surface area contributed by atoms with Crippen LogP contribution in [0.5, 0.6) is 0 Å². The number of aliphatic carboxylic acids is 1. The molecular formula is C10H15NO4. The molecular weight excluding hydrogens is 198 g/mol. The van der Waals surface area contributed by atoms with E-state index in [4.69, 9.17) is 9.84 Å². The van der Waals surface area contributed by atoms with Crippen molar-refractivity contribution in [2.24, 2.45) is 5.92 Å². The number of carboxylic acids is 1. The van der Waals surface area contributed by atoms with E-state index in [9.17, 15) is 9.59 Å². The Kier molecular flexibility index (Phi) is 3.85. The van der Waals surface area contributed by atoms with Gasteiger partial charge in [-0.2, -0.15) is 0 Å². The average molecular weight is 213 g/mol. The van der Waals surface area contributed by atoms with E-state index in [-0.39, 0.29) is 11.9 Å². The molecule has 1 amide bonds. The summed E-state index contributed by atoms with van der Waals surface area (Å²) in [7, 11) is 1.45. The number of methoxy groups -OCH3 is 1. The summed E-state index contributed by atoms with van der Waals surface area (Å²) in [4.78, 5) is 22.0. The van der Waals surface area contributed by atoms with Gasteiger partial charge in [0, 0.05) is 13.2 Å². The maximum atomic E-state index is 11.4. The third-order valence-electron chi connectivity index (χ3n) is 2.45. The molecule has 0 heterocycles. The first-order valence-corrected chi connectivity index (χ1v) is 4.79. The monoisotopic (exact) mass is 213 g/mol. The molecule has 5 heteroatoms. The number of carboxylic acid groups (broad SMARTS) is 1. The van der Waals surface area contributed by atoms with Gasteiger partial charge in [-0.15, -0.1) is 0 Å². The number of ether oxygens (including phenoxy) is 1. The van der Waals surface area contributed by atoms with Crippen molar-refractivity contribution in [1.29, 1.82) is 0 Å². The molecule has 0 fully saturated rings. The highest BCUT2D eigenvalue weighted by Crippen LogP contribution is 2.17. The van der Waals surface area contributed by atoms with Crippen LogP contribution in [-0.2, 0) is 14.3 Å². The molecule has 3 unspecified atom stereocenters. The highest BCUT2D eigenvalue weighted by molar-refractivity contribution is 5.81. The molecule has 15 heavy (non-hydrogen) atoms. The molecule has 0 aromatic rings. The van der Waals surface area contributed by atoms with Gasteiger partial charge in [0.15, 0.2) is 0 Å². The van der Waals surface area contributed by atoms with E-state index in [1.54, 1.807) is 19.1 Å². The van der Waals surface area contributed by atoms with Crippen LogP contribution >= 0.6 is 0 Å². The number of hydrogen-bond donors (Lipinski definition) is 2. The fraction of sp³-hybridized carbons (Fsp3) is 0.600. The van der Waals surface area contributed by atoms with E-state index in [0.29, 0.717) is 6.42 Å². The van der Waals surface area contributed by atoms with Gasteiger partial charge >= 0.3 is 5.97 Å². The summed E-state index contributed by atoms with van der Waals surface area (Å²) >= 11 is 0. The molecule has 0 saturated carbocycles. The van der Waals surface area contributed by atoms with E-state index in [1.165, 1.54) is 7.11 Å². The van der Waals surface area contributed by atoms with Crippen LogP contribution in [0.3, 0.4) is 0 Å². The molecule has 0 saturated heterocycles. The van der Waals surface area contributed by atoms with Crippen LogP contribution in [0, 0.1) is 5.92 Å². The number of hydrogen-bond acceptors (Lipinski definition) is 3. The summed E-state index contributed by atoms with van der Waals surface area (Å²) in [6, 6.07) is -0.198. The maximum Gasteiger partial charge on any atom is 0.310 e. The molecule has 1 aliphatic rings. The predicted molar refractivity (Wildman–Crippen MR) is 53.3 cm³/mol. The lowest BCUT2D eigenvalue weighted by Gasteiger charge is -2.15. The summed E-state index contributed by atoms with van der Waals surface area (Å²) < 4.78 is 4.84. The third-order valence-corrected chi connectivity index (χ3v) is 2.45. The second-order valence-corrected chi connectivity index (χ2v) is 3.56. The van der Waals surface area contributed by atoms with Crippen molar-refractivity contribution in [2.75, 3.05) is 7.11 Å². The predicted octanol–water partition coefficient (Wildman–Crippen LogP) is 0.167. The van der Waals surface area contributed by atoms with Gasteiger partial charge in [-0.3, -0.25) is 9.59 Å². The number of rotatable bonds is 4. The topological polar surface area (TPSA) is 75.6 Å². The van der Waals surface area contributed by atoms with Crippen LogP contribution in [0.4, 0.5) is 0 Å². The van der Waals surface area contributed by atoms with E-state index in [1.807, 2.05) is 0 Å². The smallest absolute Gasteiger partial charge is 0.310 e. The first-order chi connectivity index (χ1) is 7.04. The molecule has 0 radical (unpaired) electrons. The maximum absolute atomic E-state index is 11.4. The Morgan fingerprint density at radius 2 is 2.20 bits per heavy atom. The van der Waals surface area contributed by atoms with Crippen LogP contribution < -0.4 is 5.32 Å². The zero-order valence-corrected chi connectivity index (χ0v) is 8.77. The van der Waals surface area contributed by atoms with Crippen LogP contribution in [-0.4, -0.2) is 36.2 Å². The molecule has 0 aromatic heterocycles. The lowest BCUT2D eigenvalue weighted by Crippen LogP contribution is -2.39. The summed E-state index contributed by atoms with van der Waals surface area (Å²) in [5.74, 6) is -1.57. The summed E-state index contributed by atoms with van der Waals surface area (Å²) in [5.41, 5.74) is 0. The SMILES string of the molecule is COC(C)C(=O)NC1C=CC(C(=O)O)C1.